The molecular formula is C26H20ClN3O2. The SMILES string of the molecule is CC(=NNC(=O)c1cccc(NC(=O)c2ccc(Cl)cc2)c1)c1ccc2ccccc2c1. The Morgan fingerprint density at radius 2 is 1.44 bits per heavy atom. The lowest BCUT2D eigenvalue weighted by atomic mass is 10.0. The van der Waals surface area contributed by atoms with Crippen molar-refractivity contribution in [3.8, 4) is 0 Å². The molecule has 0 heterocycles. The molecule has 4 aromatic carbocycles. The number of fused-ring (bicyclic) bond motifs is 1. The molecule has 2 amide bonds. The predicted molar refractivity (Wildman–Crippen MR) is 129 cm³/mol. The third-order valence-corrected chi connectivity index (χ3v) is 5.23. The smallest absolute Gasteiger partial charge is 0.271 e. The minimum absolute atomic E-state index is 0.288. The molecule has 0 aliphatic heterocycles. The minimum atomic E-state index is -0.368. The Morgan fingerprint density at radius 3 is 2.22 bits per heavy atom. The Morgan fingerprint density at radius 1 is 0.719 bits per heavy atom. The molecule has 6 heteroatoms. The van der Waals surface area contributed by atoms with Crippen LogP contribution in [0.4, 0.5) is 5.69 Å². The van der Waals surface area contributed by atoms with E-state index in [1.807, 2.05) is 49.4 Å². The zero-order valence-electron chi connectivity index (χ0n) is 17.3. The van der Waals surface area contributed by atoms with Gasteiger partial charge in [-0.25, -0.2) is 5.43 Å². The number of halogens is 1. The summed E-state index contributed by atoms with van der Waals surface area (Å²) in [5, 5.41) is 9.83. The van der Waals surface area contributed by atoms with Crippen LogP contribution < -0.4 is 10.7 Å². The van der Waals surface area contributed by atoms with Crippen molar-refractivity contribution in [1.29, 1.82) is 0 Å². The van der Waals surface area contributed by atoms with Gasteiger partial charge in [0.2, 0.25) is 0 Å². The Kier molecular flexibility index (Phi) is 6.29. The van der Waals surface area contributed by atoms with Gasteiger partial charge in [-0.15, -0.1) is 0 Å². The summed E-state index contributed by atoms with van der Waals surface area (Å²) in [6, 6.07) is 27.3. The Labute approximate surface area is 190 Å². The van der Waals surface area contributed by atoms with E-state index in [1.54, 1.807) is 48.5 Å². The van der Waals surface area contributed by atoms with E-state index in [0.717, 1.165) is 16.3 Å². The van der Waals surface area contributed by atoms with Gasteiger partial charge in [0, 0.05) is 21.8 Å². The average molecular weight is 442 g/mol. The number of benzene rings is 4. The molecule has 0 unspecified atom stereocenters. The molecular weight excluding hydrogens is 422 g/mol. The number of nitrogens with one attached hydrogen (secondary N) is 2. The molecule has 5 nitrogen and oxygen atoms in total. The standard InChI is InChI=1S/C26H20ClN3O2/c1-17(20-10-9-18-5-2-3-6-21(18)15-20)29-30-26(32)22-7-4-8-24(16-22)28-25(31)19-11-13-23(27)14-12-19/h2-16H,1H3,(H,28,31)(H,30,32). The molecule has 0 spiro atoms. The average Bonchev–Trinajstić information content (AvgIpc) is 2.82. The summed E-state index contributed by atoms with van der Waals surface area (Å²) in [5.74, 6) is -0.655. The van der Waals surface area contributed by atoms with Gasteiger partial charge in [-0.3, -0.25) is 9.59 Å². The Bertz CT molecular complexity index is 1330. The molecule has 0 radical (unpaired) electrons. The summed E-state index contributed by atoms with van der Waals surface area (Å²) in [4.78, 5) is 25.0. The van der Waals surface area contributed by atoms with Gasteiger partial charge < -0.3 is 5.32 Å². The quantitative estimate of drug-likeness (QED) is 0.299. The normalized spacial score (nSPS) is 11.2. The van der Waals surface area contributed by atoms with Crippen molar-refractivity contribution in [2.75, 3.05) is 5.32 Å². The molecule has 0 saturated heterocycles. The van der Waals surface area contributed by atoms with E-state index in [0.29, 0.717) is 27.5 Å². The highest BCUT2D eigenvalue weighted by molar-refractivity contribution is 6.30. The van der Waals surface area contributed by atoms with Crippen molar-refractivity contribution in [3.05, 3.63) is 113 Å². The van der Waals surface area contributed by atoms with Crippen molar-refractivity contribution < 1.29 is 9.59 Å². The predicted octanol–water partition coefficient (Wildman–Crippen LogP) is 5.90. The van der Waals surface area contributed by atoms with Gasteiger partial charge in [0.05, 0.1) is 5.71 Å². The first-order valence-electron chi connectivity index (χ1n) is 10.0. The Hall–Kier alpha value is -3.96. The first kappa shape index (κ1) is 21.3. The fourth-order valence-electron chi connectivity index (χ4n) is 3.22. The van der Waals surface area contributed by atoms with Gasteiger partial charge in [0.1, 0.15) is 0 Å². The Balaban J connectivity index is 1.44. The molecule has 0 fully saturated rings. The molecule has 0 saturated carbocycles. The van der Waals surface area contributed by atoms with Crippen LogP contribution in [-0.2, 0) is 0 Å². The van der Waals surface area contributed by atoms with Crippen LogP contribution in [0.1, 0.15) is 33.2 Å². The van der Waals surface area contributed by atoms with E-state index >= 15 is 0 Å². The first-order valence-corrected chi connectivity index (χ1v) is 10.4. The van der Waals surface area contributed by atoms with Crippen LogP contribution in [0.15, 0.2) is 96.1 Å². The molecule has 32 heavy (non-hydrogen) atoms. The topological polar surface area (TPSA) is 70.6 Å². The van der Waals surface area contributed by atoms with Crippen molar-refractivity contribution in [2.45, 2.75) is 6.92 Å². The highest BCUT2D eigenvalue weighted by Gasteiger charge is 2.10. The van der Waals surface area contributed by atoms with Gasteiger partial charge in [0.25, 0.3) is 11.8 Å². The van der Waals surface area contributed by atoms with Crippen molar-refractivity contribution in [2.24, 2.45) is 5.10 Å². The van der Waals surface area contributed by atoms with E-state index in [2.05, 4.69) is 15.8 Å². The lowest BCUT2D eigenvalue weighted by Crippen LogP contribution is -2.20. The van der Waals surface area contributed by atoms with Gasteiger partial charge >= 0.3 is 0 Å². The van der Waals surface area contributed by atoms with Crippen molar-refractivity contribution in [3.63, 3.8) is 0 Å². The molecule has 4 aromatic rings. The van der Waals surface area contributed by atoms with Crippen molar-refractivity contribution in [1.82, 2.24) is 5.43 Å². The number of amides is 2. The van der Waals surface area contributed by atoms with Crippen LogP contribution in [0.3, 0.4) is 0 Å². The summed E-state index contributed by atoms with van der Waals surface area (Å²) in [7, 11) is 0. The lowest BCUT2D eigenvalue weighted by molar-refractivity contribution is 0.0953. The molecule has 158 valence electrons. The number of hydrogen-bond donors (Lipinski definition) is 2. The second-order valence-corrected chi connectivity index (χ2v) is 7.68. The summed E-state index contributed by atoms with van der Waals surface area (Å²) in [6.45, 7) is 1.84. The summed E-state index contributed by atoms with van der Waals surface area (Å²) >= 11 is 5.86. The van der Waals surface area contributed by atoms with Gasteiger partial charge in [-0.05, 0) is 71.8 Å². The number of hydrogen-bond acceptors (Lipinski definition) is 3. The fraction of sp³-hybridized carbons (Fsp3) is 0.0385. The van der Waals surface area contributed by atoms with Gasteiger partial charge in [0.15, 0.2) is 0 Å². The van der Waals surface area contributed by atoms with Gasteiger partial charge in [-0.1, -0.05) is 54.1 Å². The molecule has 2 N–H and O–H groups in total. The lowest BCUT2D eigenvalue weighted by Gasteiger charge is -2.08. The number of anilines is 1. The number of carbonyl (C=O) groups excluding carboxylic acids is 2. The molecule has 4 rings (SSSR count). The van der Waals surface area contributed by atoms with E-state index in [4.69, 9.17) is 11.6 Å². The van der Waals surface area contributed by atoms with Gasteiger partial charge in [-0.2, -0.15) is 5.10 Å². The maximum atomic E-state index is 12.6. The second-order valence-electron chi connectivity index (χ2n) is 7.24. The summed E-state index contributed by atoms with van der Waals surface area (Å²) < 4.78 is 0. The zero-order valence-corrected chi connectivity index (χ0v) is 18.1. The largest absolute Gasteiger partial charge is 0.322 e. The minimum Gasteiger partial charge on any atom is -0.322 e. The van der Waals surface area contributed by atoms with E-state index in [9.17, 15) is 9.59 Å². The van der Waals surface area contributed by atoms with Crippen molar-refractivity contribution >= 4 is 45.6 Å². The number of hydrazone groups is 1. The number of nitrogens with zero attached hydrogens (tertiary/aromatic N) is 1. The maximum absolute atomic E-state index is 12.6. The highest BCUT2D eigenvalue weighted by atomic mass is 35.5. The molecule has 0 aliphatic carbocycles. The third kappa shape index (κ3) is 5.02. The molecule has 0 bridgehead atoms. The monoisotopic (exact) mass is 441 g/mol. The number of rotatable bonds is 5. The van der Waals surface area contributed by atoms with Crippen LogP contribution in [-0.4, -0.2) is 17.5 Å². The number of carbonyl (C=O) groups is 2. The molecule has 0 aromatic heterocycles. The van der Waals surface area contributed by atoms with E-state index in [1.165, 1.54) is 0 Å². The van der Waals surface area contributed by atoms with E-state index in [-0.39, 0.29) is 11.8 Å². The summed E-state index contributed by atoms with van der Waals surface area (Å²) in [6.07, 6.45) is 0. The zero-order chi connectivity index (χ0) is 22.5. The van der Waals surface area contributed by atoms with Crippen LogP contribution in [0.5, 0.6) is 0 Å². The highest BCUT2D eigenvalue weighted by Crippen LogP contribution is 2.17. The molecule has 0 atom stereocenters. The fourth-order valence-corrected chi connectivity index (χ4v) is 3.35. The second kappa shape index (κ2) is 9.45. The van der Waals surface area contributed by atoms with Crippen LogP contribution >= 0.6 is 11.6 Å². The maximum Gasteiger partial charge on any atom is 0.271 e. The van der Waals surface area contributed by atoms with Crippen LogP contribution in [0, 0.1) is 0 Å². The van der Waals surface area contributed by atoms with Crippen LogP contribution in [0.25, 0.3) is 10.8 Å². The van der Waals surface area contributed by atoms with Crippen LogP contribution in [0.2, 0.25) is 5.02 Å². The molecule has 0 aliphatic rings. The third-order valence-electron chi connectivity index (χ3n) is 4.98. The first-order chi connectivity index (χ1) is 15.5. The summed E-state index contributed by atoms with van der Waals surface area (Å²) in [5.41, 5.74) is 5.56. The van der Waals surface area contributed by atoms with E-state index < -0.39 is 0 Å².